The van der Waals surface area contributed by atoms with E-state index in [1.54, 1.807) is 0 Å². The van der Waals surface area contributed by atoms with E-state index in [9.17, 15) is 0 Å². The summed E-state index contributed by atoms with van der Waals surface area (Å²) in [5, 5.41) is 5.89. The molecule has 0 bridgehead atoms. The Balaban J connectivity index is 1.60. The smallest absolute Gasteiger partial charge is 0.0765 e. The summed E-state index contributed by atoms with van der Waals surface area (Å²) in [6, 6.07) is 3.70. The second-order valence-corrected chi connectivity index (χ2v) is 6.76. The van der Waals surface area contributed by atoms with Crippen LogP contribution in [0, 0.1) is 0 Å². The first-order chi connectivity index (χ1) is 9.36. The Morgan fingerprint density at radius 3 is 2.68 bits per heavy atom. The van der Waals surface area contributed by atoms with Crippen LogP contribution in [-0.2, 0) is 6.54 Å². The molecule has 2 aliphatic rings. The predicted octanol–water partition coefficient (Wildman–Crippen LogP) is 3.75. The van der Waals surface area contributed by atoms with E-state index >= 15 is 0 Å². The van der Waals surface area contributed by atoms with Crippen molar-refractivity contribution in [3.63, 3.8) is 0 Å². The molecule has 0 spiro atoms. The Kier molecular flexibility index (Phi) is 4.59. The van der Waals surface area contributed by atoms with Crippen LogP contribution in [0.4, 0.5) is 0 Å². The summed E-state index contributed by atoms with van der Waals surface area (Å²) in [6.45, 7) is 2.16. The number of hydrogen-bond donors (Lipinski definition) is 0. The topological polar surface area (TPSA) is 21.1 Å². The molecule has 0 amide bonds. The maximum absolute atomic E-state index is 4.83. The van der Waals surface area contributed by atoms with Gasteiger partial charge in [-0.1, -0.05) is 35.2 Å². The van der Waals surface area contributed by atoms with Gasteiger partial charge in [0.05, 0.1) is 11.7 Å². The van der Waals surface area contributed by atoms with Gasteiger partial charge >= 0.3 is 0 Å². The Morgan fingerprint density at radius 2 is 2.00 bits per heavy atom. The Labute approximate surface area is 124 Å². The van der Waals surface area contributed by atoms with Gasteiger partial charge in [0.15, 0.2) is 0 Å². The highest BCUT2D eigenvalue weighted by Crippen LogP contribution is 2.29. The summed E-state index contributed by atoms with van der Waals surface area (Å²) >= 11 is 3.56. The summed E-state index contributed by atoms with van der Waals surface area (Å²) in [4.78, 5) is 2.57. The molecule has 0 aromatic carbocycles. The van der Waals surface area contributed by atoms with Gasteiger partial charge in [0.2, 0.25) is 0 Å². The van der Waals surface area contributed by atoms with Crippen molar-refractivity contribution in [2.24, 2.45) is 0 Å². The summed E-state index contributed by atoms with van der Waals surface area (Å²) in [5.74, 6) is 0. The van der Waals surface area contributed by atoms with Crippen LogP contribution in [-0.4, -0.2) is 32.6 Å². The van der Waals surface area contributed by atoms with Crippen molar-refractivity contribution in [2.45, 2.75) is 63.6 Å². The molecule has 106 valence electrons. The van der Waals surface area contributed by atoms with Gasteiger partial charge < -0.3 is 0 Å². The van der Waals surface area contributed by atoms with Crippen LogP contribution < -0.4 is 0 Å². The lowest BCUT2D eigenvalue weighted by Gasteiger charge is -2.22. The number of rotatable bonds is 6. The lowest BCUT2D eigenvalue weighted by molar-refractivity contribution is 0.265. The molecule has 2 fully saturated rings. The van der Waals surface area contributed by atoms with Gasteiger partial charge in [0, 0.05) is 30.7 Å². The van der Waals surface area contributed by atoms with Gasteiger partial charge in [-0.15, -0.1) is 0 Å². The van der Waals surface area contributed by atoms with Crippen molar-refractivity contribution in [3.8, 4) is 0 Å². The molecule has 1 aromatic heterocycles. The molecule has 0 radical (unpaired) electrons. The second kappa shape index (κ2) is 6.40. The first-order valence-corrected chi connectivity index (χ1v) is 8.83. The molecular weight excluding hydrogens is 302 g/mol. The van der Waals surface area contributed by atoms with E-state index in [-0.39, 0.29) is 0 Å². The number of aromatic nitrogens is 2. The van der Waals surface area contributed by atoms with Crippen LogP contribution in [0.1, 0.15) is 56.7 Å². The fourth-order valence-corrected chi connectivity index (χ4v) is 3.61. The number of nitrogens with zero attached hydrogens (tertiary/aromatic N) is 3. The number of halogens is 1. The highest BCUT2D eigenvalue weighted by molar-refractivity contribution is 9.09. The second-order valence-electron chi connectivity index (χ2n) is 5.97. The number of alkyl halides is 1. The molecule has 0 unspecified atom stereocenters. The van der Waals surface area contributed by atoms with Crippen molar-refractivity contribution in [1.29, 1.82) is 0 Å². The first kappa shape index (κ1) is 13.6. The van der Waals surface area contributed by atoms with Gasteiger partial charge in [0.1, 0.15) is 0 Å². The molecule has 3 rings (SSSR count). The van der Waals surface area contributed by atoms with Crippen LogP contribution in [0.25, 0.3) is 0 Å². The highest BCUT2D eigenvalue weighted by atomic mass is 79.9. The van der Waals surface area contributed by atoms with E-state index < -0.39 is 0 Å². The zero-order valence-corrected chi connectivity index (χ0v) is 13.2. The van der Waals surface area contributed by atoms with Crippen LogP contribution in [0.3, 0.4) is 0 Å². The normalized spacial score (nSPS) is 21.2. The molecular formula is C15H24BrN3. The van der Waals surface area contributed by atoms with E-state index in [0.29, 0.717) is 6.04 Å². The summed E-state index contributed by atoms with van der Waals surface area (Å²) in [5.41, 5.74) is 1.25. The van der Waals surface area contributed by atoms with E-state index in [0.717, 1.165) is 24.5 Å². The van der Waals surface area contributed by atoms with Gasteiger partial charge in [-0.05, 0) is 31.7 Å². The largest absolute Gasteiger partial charge is 0.294 e. The Hall–Kier alpha value is -0.350. The van der Waals surface area contributed by atoms with Gasteiger partial charge in [-0.3, -0.25) is 9.58 Å². The zero-order valence-electron chi connectivity index (χ0n) is 11.6. The SMILES string of the molecule is BrCCN(Cc1ccn(C2CCCCC2)n1)C1CC1. The van der Waals surface area contributed by atoms with Crippen molar-refractivity contribution in [1.82, 2.24) is 14.7 Å². The van der Waals surface area contributed by atoms with E-state index in [1.165, 1.54) is 50.6 Å². The molecule has 3 nitrogen and oxygen atoms in total. The minimum absolute atomic E-state index is 0.660. The average molecular weight is 326 g/mol. The molecule has 2 saturated carbocycles. The molecule has 2 aliphatic carbocycles. The molecule has 0 N–H and O–H groups in total. The van der Waals surface area contributed by atoms with Crippen LogP contribution in [0.2, 0.25) is 0 Å². The maximum Gasteiger partial charge on any atom is 0.0765 e. The summed E-state index contributed by atoms with van der Waals surface area (Å²) < 4.78 is 2.23. The molecule has 0 atom stereocenters. The third-order valence-electron chi connectivity index (χ3n) is 4.41. The number of hydrogen-bond acceptors (Lipinski definition) is 2. The molecule has 1 aromatic rings. The summed E-state index contributed by atoms with van der Waals surface area (Å²) in [6.07, 6.45) is 11.7. The standard InChI is InChI=1S/C15H24BrN3/c16-9-11-18(14-6-7-14)12-13-8-10-19(17-13)15-4-2-1-3-5-15/h8,10,14-15H,1-7,9,11-12H2. The van der Waals surface area contributed by atoms with Gasteiger partial charge in [-0.25, -0.2) is 0 Å². The summed E-state index contributed by atoms with van der Waals surface area (Å²) in [7, 11) is 0. The fraction of sp³-hybridized carbons (Fsp3) is 0.800. The molecule has 0 saturated heterocycles. The lowest BCUT2D eigenvalue weighted by atomic mass is 9.96. The van der Waals surface area contributed by atoms with Crippen LogP contribution in [0.5, 0.6) is 0 Å². The molecule has 0 aliphatic heterocycles. The third kappa shape index (κ3) is 3.60. The minimum atomic E-state index is 0.660. The molecule has 1 heterocycles. The monoisotopic (exact) mass is 325 g/mol. The Morgan fingerprint density at radius 1 is 1.21 bits per heavy atom. The van der Waals surface area contributed by atoms with Crippen LogP contribution >= 0.6 is 15.9 Å². The highest BCUT2D eigenvalue weighted by Gasteiger charge is 2.29. The Bertz CT molecular complexity index is 394. The van der Waals surface area contributed by atoms with Gasteiger partial charge in [0.25, 0.3) is 0 Å². The predicted molar refractivity (Wildman–Crippen MR) is 81.6 cm³/mol. The van der Waals surface area contributed by atoms with E-state index in [2.05, 4.69) is 37.8 Å². The molecule has 4 heteroatoms. The maximum atomic E-state index is 4.83. The van der Waals surface area contributed by atoms with Crippen molar-refractivity contribution < 1.29 is 0 Å². The van der Waals surface area contributed by atoms with E-state index in [4.69, 9.17) is 5.10 Å². The molecule has 19 heavy (non-hydrogen) atoms. The minimum Gasteiger partial charge on any atom is -0.294 e. The first-order valence-electron chi connectivity index (χ1n) is 7.71. The lowest BCUT2D eigenvalue weighted by Crippen LogP contribution is -2.27. The third-order valence-corrected chi connectivity index (χ3v) is 4.77. The van der Waals surface area contributed by atoms with Crippen molar-refractivity contribution >= 4 is 15.9 Å². The zero-order chi connectivity index (χ0) is 13.1. The average Bonchev–Trinajstić information content (AvgIpc) is 3.19. The van der Waals surface area contributed by atoms with Crippen molar-refractivity contribution in [2.75, 3.05) is 11.9 Å². The van der Waals surface area contributed by atoms with Crippen LogP contribution in [0.15, 0.2) is 12.3 Å². The van der Waals surface area contributed by atoms with E-state index in [1.807, 2.05) is 0 Å². The van der Waals surface area contributed by atoms with Gasteiger partial charge in [-0.2, -0.15) is 5.10 Å². The quantitative estimate of drug-likeness (QED) is 0.743. The van der Waals surface area contributed by atoms with Crippen molar-refractivity contribution in [3.05, 3.63) is 18.0 Å². The fourth-order valence-electron chi connectivity index (χ4n) is 3.16.